The van der Waals surface area contributed by atoms with Crippen molar-refractivity contribution in [2.45, 2.75) is 12.2 Å². The minimum atomic E-state index is -2.57. The monoisotopic (exact) mass is 166 g/mol. The van der Waals surface area contributed by atoms with Crippen molar-refractivity contribution in [1.82, 2.24) is 0 Å². The molecule has 0 saturated carbocycles. The second-order valence-corrected chi connectivity index (χ2v) is 5.89. The Morgan fingerprint density at radius 3 is 2.44 bits per heavy atom. The highest BCUT2D eigenvalue weighted by molar-refractivity contribution is 8.04. The molecule has 1 aliphatic heterocycles. The second-order valence-electron chi connectivity index (χ2n) is 2.15. The van der Waals surface area contributed by atoms with E-state index in [1.807, 2.05) is 0 Å². The number of hydrogen-bond acceptors (Lipinski definition) is 3. The standard InChI is InChI=1S/C5H10O2S2/c1-2-8-5-3-9(6,7)4-5/h5H,2-4H2,1H3. The van der Waals surface area contributed by atoms with Crippen LogP contribution in [0.1, 0.15) is 6.92 Å². The lowest BCUT2D eigenvalue weighted by Crippen LogP contribution is -2.38. The second kappa shape index (κ2) is 2.50. The summed E-state index contributed by atoms with van der Waals surface area (Å²) < 4.78 is 21.1. The number of rotatable bonds is 2. The van der Waals surface area contributed by atoms with Crippen molar-refractivity contribution >= 4 is 21.6 Å². The van der Waals surface area contributed by atoms with Gasteiger partial charge < -0.3 is 0 Å². The summed E-state index contributed by atoms with van der Waals surface area (Å²) in [6, 6.07) is 0. The third-order valence-corrected chi connectivity index (χ3v) is 4.66. The minimum absolute atomic E-state index is 0.403. The first-order valence-electron chi connectivity index (χ1n) is 2.96. The average Bonchev–Trinajstić information content (AvgIpc) is 1.62. The van der Waals surface area contributed by atoms with Crippen molar-refractivity contribution in [3.05, 3.63) is 0 Å². The average molecular weight is 166 g/mol. The summed E-state index contributed by atoms with van der Waals surface area (Å²) in [6.45, 7) is 2.05. The summed E-state index contributed by atoms with van der Waals surface area (Å²) in [5, 5.41) is 0.403. The first-order chi connectivity index (χ1) is 4.14. The molecule has 1 aliphatic rings. The lowest BCUT2D eigenvalue weighted by Gasteiger charge is -2.24. The zero-order valence-corrected chi connectivity index (χ0v) is 6.96. The molecule has 4 heteroatoms. The van der Waals surface area contributed by atoms with Gasteiger partial charge in [-0.25, -0.2) is 8.42 Å². The molecule has 0 aromatic rings. The third-order valence-electron chi connectivity index (χ3n) is 1.28. The van der Waals surface area contributed by atoms with E-state index in [0.717, 1.165) is 5.75 Å². The molecule has 0 aromatic heterocycles. The summed E-state index contributed by atoms with van der Waals surface area (Å²) >= 11 is 1.74. The van der Waals surface area contributed by atoms with Gasteiger partial charge in [0.2, 0.25) is 0 Å². The summed E-state index contributed by atoms with van der Waals surface area (Å²) in [7, 11) is -2.57. The molecular weight excluding hydrogens is 156 g/mol. The van der Waals surface area contributed by atoms with Crippen LogP contribution in [-0.2, 0) is 9.84 Å². The lowest BCUT2D eigenvalue weighted by molar-refractivity contribution is 0.582. The number of hydrogen-bond donors (Lipinski definition) is 0. The van der Waals surface area contributed by atoms with Crippen LogP contribution in [0.2, 0.25) is 0 Å². The third kappa shape index (κ3) is 1.86. The van der Waals surface area contributed by atoms with Gasteiger partial charge >= 0.3 is 0 Å². The zero-order valence-electron chi connectivity index (χ0n) is 5.33. The Balaban J connectivity index is 2.28. The molecular formula is C5H10O2S2. The molecule has 0 atom stereocenters. The Morgan fingerprint density at radius 1 is 1.56 bits per heavy atom. The maximum Gasteiger partial charge on any atom is 0.152 e. The molecule has 0 amide bonds. The molecule has 1 heterocycles. The van der Waals surface area contributed by atoms with Crippen LogP contribution in [0, 0.1) is 0 Å². The lowest BCUT2D eigenvalue weighted by atomic mass is 10.5. The molecule has 0 N–H and O–H groups in total. The molecule has 2 nitrogen and oxygen atoms in total. The summed E-state index contributed by atoms with van der Waals surface area (Å²) in [5.41, 5.74) is 0. The van der Waals surface area contributed by atoms with E-state index in [1.165, 1.54) is 0 Å². The topological polar surface area (TPSA) is 34.1 Å². The molecule has 1 fully saturated rings. The highest BCUT2D eigenvalue weighted by atomic mass is 32.2. The van der Waals surface area contributed by atoms with E-state index in [4.69, 9.17) is 0 Å². The van der Waals surface area contributed by atoms with Crippen LogP contribution in [-0.4, -0.2) is 30.9 Å². The van der Waals surface area contributed by atoms with Gasteiger partial charge in [0.25, 0.3) is 0 Å². The van der Waals surface area contributed by atoms with Crippen LogP contribution in [0.15, 0.2) is 0 Å². The Bertz CT molecular complexity index is 171. The van der Waals surface area contributed by atoms with Crippen LogP contribution in [0.25, 0.3) is 0 Å². The summed E-state index contributed by atoms with van der Waals surface area (Å²) in [4.78, 5) is 0. The smallest absolute Gasteiger partial charge is 0.152 e. The fourth-order valence-electron chi connectivity index (χ4n) is 0.850. The van der Waals surface area contributed by atoms with Gasteiger partial charge in [-0.2, -0.15) is 11.8 Å². The van der Waals surface area contributed by atoms with E-state index in [2.05, 4.69) is 6.92 Å². The van der Waals surface area contributed by atoms with Crippen molar-refractivity contribution in [3.8, 4) is 0 Å². The van der Waals surface area contributed by atoms with Crippen LogP contribution >= 0.6 is 11.8 Å². The van der Waals surface area contributed by atoms with Crippen molar-refractivity contribution in [2.24, 2.45) is 0 Å². The van der Waals surface area contributed by atoms with Crippen LogP contribution in [0.4, 0.5) is 0 Å². The Morgan fingerprint density at radius 2 is 2.11 bits per heavy atom. The van der Waals surface area contributed by atoms with Gasteiger partial charge in [0, 0.05) is 5.25 Å². The van der Waals surface area contributed by atoms with Gasteiger partial charge in [-0.05, 0) is 5.75 Å². The summed E-state index contributed by atoms with van der Waals surface area (Å²) in [5.74, 6) is 1.84. The molecule has 0 aromatic carbocycles. The molecule has 0 radical (unpaired) electrons. The molecule has 9 heavy (non-hydrogen) atoms. The summed E-state index contributed by atoms with van der Waals surface area (Å²) in [6.07, 6.45) is 0. The van der Waals surface area contributed by atoms with Crippen LogP contribution in [0.5, 0.6) is 0 Å². The molecule has 0 unspecified atom stereocenters. The van der Waals surface area contributed by atoms with Crippen molar-refractivity contribution in [3.63, 3.8) is 0 Å². The number of thioether (sulfide) groups is 1. The fraction of sp³-hybridized carbons (Fsp3) is 1.00. The van der Waals surface area contributed by atoms with Gasteiger partial charge in [-0.1, -0.05) is 6.92 Å². The van der Waals surface area contributed by atoms with E-state index in [1.54, 1.807) is 11.8 Å². The maximum atomic E-state index is 10.6. The largest absolute Gasteiger partial charge is 0.229 e. The molecule has 0 spiro atoms. The van der Waals surface area contributed by atoms with Gasteiger partial charge in [0.05, 0.1) is 11.5 Å². The Labute approximate surface area is 59.9 Å². The van der Waals surface area contributed by atoms with E-state index < -0.39 is 9.84 Å². The quantitative estimate of drug-likeness (QED) is 0.600. The van der Waals surface area contributed by atoms with Crippen LogP contribution < -0.4 is 0 Å². The Hall–Kier alpha value is 0.300. The van der Waals surface area contributed by atoms with Gasteiger partial charge in [0.1, 0.15) is 0 Å². The van der Waals surface area contributed by atoms with Crippen LogP contribution in [0.3, 0.4) is 0 Å². The van der Waals surface area contributed by atoms with Gasteiger partial charge in [-0.15, -0.1) is 0 Å². The van der Waals surface area contributed by atoms with E-state index >= 15 is 0 Å². The molecule has 0 aliphatic carbocycles. The van der Waals surface area contributed by atoms with Crippen molar-refractivity contribution < 1.29 is 8.42 Å². The number of sulfone groups is 1. The maximum absolute atomic E-state index is 10.6. The zero-order chi connectivity index (χ0) is 6.91. The van der Waals surface area contributed by atoms with Gasteiger partial charge in [0.15, 0.2) is 9.84 Å². The predicted octanol–water partition coefficient (Wildman–Crippen LogP) is 0.536. The molecule has 54 valence electrons. The Kier molecular flexibility index (Phi) is 2.06. The molecule has 1 saturated heterocycles. The van der Waals surface area contributed by atoms with Crippen molar-refractivity contribution in [1.29, 1.82) is 0 Å². The highest BCUT2D eigenvalue weighted by Gasteiger charge is 2.32. The van der Waals surface area contributed by atoms with Gasteiger partial charge in [-0.3, -0.25) is 0 Å². The predicted molar refractivity (Wildman–Crippen MR) is 40.6 cm³/mol. The van der Waals surface area contributed by atoms with E-state index in [-0.39, 0.29) is 0 Å². The minimum Gasteiger partial charge on any atom is -0.229 e. The molecule has 0 bridgehead atoms. The molecule has 1 rings (SSSR count). The SMILES string of the molecule is CCSC1CS(=O)(=O)C1. The highest BCUT2D eigenvalue weighted by Crippen LogP contribution is 2.23. The fourth-order valence-corrected chi connectivity index (χ4v) is 4.37. The van der Waals surface area contributed by atoms with Crippen molar-refractivity contribution in [2.75, 3.05) is 17.3 Å². The normalized spacial score (nSPS) is 25.4. The first-order valence-corrected chi connectivity index (χ1v) is 5.83. The van der Waals surface area contributed by atoms with E-state index in [0.29, 0.717) is 16.8 Å². The first kappa shape index (κ1) is 7.41. The van der Waals surface area contributed by atoms with E-state index in [9.17, 15) is 8.42 Å².